The molecule has 0 saturated heterocycles. The van der Waals surface area contributed by atoms with E-state index in [9.17, 15) is 14.0 Å². The summed E-state index contributed by atoms with van der Waals surface area (Å²) < 4.78 is 20.7. The molecule has 2 aromatic carbocycles. The van der Waals surface area contributed by atoms with E-state index in [-0.39, 0.29) is 23.4 Å². The number of hydrogen-bond donors (Lipinski definition) is 1. The molecule has 0 aliphatic heterocycles. The number of ether oxygens (including phenoxy) is 1. The number of esters is 1. The first-order valence-electron chi connectivity index (χ1n) is 12.1. The van der Waals surface area contributed by atoms with Gasteiger partial charge in [-0.2, -0.15) is 0 Å². The van der Waals surface area contributed by atoms with Crippen molar-refractivity contribution in [2.75, 3.05) is 17.7 Å². The first-order valence-corrected chi connectivity index (χ1v) is 13.9. The summed E-state index contributed by atoms with van der Waals surface area (Å²) in [6.07, 6.45) is 5.96. The first kappa shape index (κ1) is 24.6. The van der Waals surface area contributed by atoms with Crippen LogP contribution in [0.25, 0.3) is 10.9 Å². The average molecular weight is 523 g/mol. The van der Waals surface area contributed by atoms with Gasteiger partial charge in [0.15, 0.2) is 0 Å². The molecule has 2 aromatic heterocycles. The molecule has 36 heavy (non-hydrogen) atoms. The van der Waals surface area contributed by atoms with Gasteiger partial charge in [0.1, 0.15) is 10.8 Å². The van der Waals surface area contributed by atoms with Crippen molar-refractivity contribution < 1.29 is 18.7 Å². The van der Waals surface area contributed by atoms with E-state index in [2.05, 4.69) is 9.88 Å². The second kappa shape index (κ2) is 10.9. The quantitative estimate of drug-likeness (QED) is 0.207. The number of thioether (sulfide) groups is 1. The highest BCUT2D eigenvalue weighted by atomic mass is 32.2. The normalized spacial score (nSPS) is 12.9. The minimum absolute atomic E-state index is 0.153. The molecular weight excluding hydrogens is 495 g/mol. The van der Waals surface area contributed by atoms with Crippen LogP contribution < -0.4 is 5.32 Å². The van der Waals surface area contributed by atoms with E-state index in [0.717, 1.165) is 52.6 Å². The molecule has 0 spiro atoms. The largest absolute Gasteiger partial charge is 0.462 e. The molecule has 1 aliphatic rings. The van der Waals surface area contributed by atoms with E-state index in [0.29, 0.717) is 23.7 Å². The Hall–Kier alpha value is -3.10. The molecule has 0 fully saturated rings. The Balaban J connectivity index is 1.33. The number of hydrogen-bond acceptors (Lipinski definition) is 5. The molecule has 0 unspecified atom stereocenters. The minimum atomic E-state index is -0.358. The number of para-hydroxylation sites is 1. The van der Waals surface area contributed by atoms with Crippen LogP contribution in [0.5, 0.6) is 0 Å². The maximum atomic E-state index is 13.3. The second-order valence-electron chi connectivity index (χ2n) is 8.74. The lowest BCUT2D eigenvalue weighted by molar-refractivity contribution is -0.113. The van der Waals surface area contributed by atoms with Crippen LogP contribution in [0.3, 0.4) is 0 Å². The Morgan fingerprint density at radius 2 is 1.89 bits per heavy atom. The van der Waals surface area contributed by atoms with Crippen molar-refractivity contribution >= 4 is 50.9 Å². The number of carbonyl (C=O) groups excluding carboxylic acids is 2. The third-order valence-electron chi connectivity index (χ3n) is 6.28. The number of aromatic nitrogens is 1. The van der Waals surface area contributed by atoms with Crippen LogP contribution in [0.4, 0.5) is 9.39 Å². The minimum Gasteiger partial charge on any atom is -0.462 e. The number of carbonyl (C=O) groups is 2. The second-order valence-corrected chi connectivity index (χ2v) is 10.9. The van der Waals surface area contributed by atoms with Crippen LogP contribution in [0.15, 0.2) is 59.6 Å². The number of amides is 1. The number of rotatable bonds is 8. The van der Waals surface area contributed by atoms with Gasteiger partial charge in [-0.15, -0.1) is 23.1 Å². The summed E-state index contributed by atoms with van der Waals surface area (Å²) in [7, 11) is 0. The Morgan fingerprint density at radius 3 is 2.69 bits per heavy atom. The average Bonchev–Trinajstić information content (AvgIpc) is 3.42. The monoisotopic (exact) mass is 522 g/mol. The molecule has 0 atom stereocenters. The number of thiophene rings is 1. The number of anilines is 1. The fraction of sp³-hybridized carbons (Fsp3) is 0.286. The van der Waals surface area contributed by atoms with E-state index in [4.69, 9.17) is 4.74 Å². The predicted molar refractivity (Wildman–Crippen MR) is 144 cm³/mol. The zero-order chi connectivity index (χ0) is 25.1. The van der Waals surface area contributed by atoms with Gasteiger partial charge in [0.05, 0.1) is 17.9 Å². The third kappa shape index (κ3) is 5.20. The van der Waals surface area contributed by atoms with Crippen molar-refractivity contribution in [1.29, 1.82) is 0 Å². The topological polar surface area (TPSA) is 60.3 Å². The Kier molecular flexibility index (Phi) is 7.43. The highest BCUT2D eigenvalue weighted by Crippen LogP contribution is 2.39. The van der Waals surface area contributed by atoms with E-state index < -0.39 is 0 Å². The maximum Gasteiger partial charge on any atom is 0.341 e. The van der Waals surface area contributed by atoms with Crippen molar-refractivity contribution in [3.05, 3.63) is 82.1 Å². The molecular formula is C28H27FN2O3S2. The summed E-state index contributed by atoms with van der Waals surface area (Å²) in [5, 5.41) is 4.66. The zero-order valence-corrected chi connectivity index (χ0v) is 21.6. The third-order valence-corrected chi connectivity index (χ3v) is 8.53. The molecule has 5 nitrogen and oxygen atoms in total. The van der Waals surface area contributed by atoms with E-state index in [1.807, 2.05) is 30.5 Å². The molecule has 1 aliphatic carbocycles. The highest BCUT2D eigenvalue weighted by Gasteiger charge is 2.27. The van der Waals surface area contributed by atoms with Crippen LogP contribution >= 0.6 is 23.1 Å². The van der Waals surface area contributed by atoms with Crippen molar-refractivity contribution in [1.82, 2.24) is 4.57 Å². The lowest BCUT2D eigenvalue weighted by atomic mass is 9.95. The summed E-state index contributed by atoms with van der Waals surface area (Å²) in [5.41, 5.74) is 3.63. The number of nitrogens with one attached hydrogen (secondary N) is 1. The summed E-state index contributed by atoms with van der Waals surface area (Å²) in [6.45, 7) is 2.70. The molecule has 1 amide bonds. The van der Waals surface area contributed by atoms with Crippen molar-refractivity contribution in [2.45, 2.75) is 44.0 Å². The SMILES string of the molecule is CCOC(=O)c1c(NC(=O)CSc2cn(Cc3ccc(F)cc3)c3ccccc23)sc2c1CCCC2. The molecule has 186 valence electrons. The Bertz CT molecular complexity index is 1410. The van der Waals surface area contributed by atoms with Crippen molar-refractivity contribution in [3.8, 4) is 0 Å². The van der Waals surface area contributed by atoms with Crippen LogP contribution in [0.1, 0.15) is 46.1 Å². The summed E-state index contributed by atoms with van der Waals surface area (Å²) in [6, 6.07) is 14.6. The molecule has 1 N–H and O–H groups in total. The van der Waals surface area contributed by atoms with E-state index >= 15 is 0 Å². The first-order chi connectivity index (χ1) is 17.5. The van der Waals surface area contributed by atoms with Gasteiger partial charge in [0.2, 0.25) is 5.91 Å². The molecule has 0 bridgehead atoms. The fourth-order valence-electron chi connectivity index (χ4n) is 4.62. The molecule has 4 aromatic rings. The molecule has 2 heterocycles. The van der Waals surface area contributed by atoms with Crippen LogP contribution in [-0.2, 0) is 28.9 Å². The predicted octanol–water partition coefficient (Wildman–Crippen LogP) is 6.68. The van der Waals surface area contributed by atoms with E-state index in [1.165, 1.54) is 40.1 Å². The number of nitrogens with zero attached hydrogens (tertiary/aromatic N) is 1. The van der Waals surface area contributed by atoms with Crippen LogP contribution in [-0.4, -0.2) is 28.8 Å². The summed E-state index contributed by atoms with van der Waals surface area (Å²) in [4.78, 5) is 27.8. The lowest BCUT2D eigenvalue weighted by Gasteiger charge is -2.12. The fourth-order valence-corrected chi connectivity index (χ4v) is 6.81. The molecule has 0 radical (unpaired) electrons. The summed E-state index contributed by atoms with van der Waals surface area (Å²) in [5.74, 6) is -0.547. The van der Waals surface area contributed by atoms with Crippen LogP contribution in [0, 0.1) is 5.82 Å². The lowest BCUT2D eigenvalue weighted by Crippen LogP contribution is -2.17. The van der Waals surface area contributed by atoms with Gasteiger partial charge in [-0.1, -0.05) is 30.3 Å². The number of benzene rings is 2. The van der Waals surface area contributed by atoms with E-state index in [1.54, 1.807) is 19.1 Å². The van der Waals surface area contributed by atoms with Crippen molar-refractivity contribution in [2.24, 2.45) is 0 Å². The van der Waals surface area contributed by atoms with Gasteiger partial charge < -0.3 is 14.6 Å². The maximum absolute atomic E-state index is 13.3. The molecule has 5 rings (SSSR count). The zero-order valence-electron chi connectivity index (χ0n) is 20.0. The molecule has 0 saturated carbocycles. The number of aryl methyl sites for hydroxylation is 1. The Morgan fingerprint density at radius 1 is 1.11 bits per heavy atom. The highest BCUT2D eigenvalue weighted by molar-refractivity contribution is 8.00. The van der Waals surface area contributed by atoms with Crippen LogP contribution in [0.2, 0.25) is 0 Å². The Labute approximate surface area is 217 Å². The van der Waals surface area contributed by atoms with Gasteiger partial charge in [-0.05, 0) is 61.9 Å². The van der Waals surface area contributed by atoms with Gasteiger partial charge in [0, 0.05) is 33.4 Å². The van der Waals surface area contributed by atoms with Gasteiger partial charge >= 0.3 is 5.97 Å². The summed E-state index contributed by atoms with van der Waals surface area (Å²) >= 11 is 2.97. The number of fused-ring (bicyclic) bond motifs is 2. The standard InChI is InChI=1S/C28H27FN2O3S2/c1-2-34-28(33)26-21-8-4-6-10-23(21)36-27(26)30-25(32)17-35-24-16-31(22-9-5-3-7-20(22)24)15-18-11-13-19(29)14-12-18/h3,5,7,9,11-14,16H,2,4,6,8,10,15,17H2,1H3,(H,30,32). The van der Waals surface area contributed by atoms with Gasteiger partial charge in [-0.3, -0.25) is 4.79 Å². The van der Waals surface area contributed by atoms with Crippen molar-refractivity contribution in [3.63, 3.8) is 0 Å². The smallest absolute Gasteiger partial charge is 0.341 e. The molecule has 8 heteroatoms. The van der Waals surface area contributed by atoms with Gasteiger partial charge in [0.25, 0.3) is 0 Å². The van der Waals surface area contributed by atoms with Gasteiger partial charge in [-0.25, -0.2) is 9.18 Å². The number of halogens is 1.